The maximum absolute atomic E-state index is 11.9. The van der Waals surface area contributed by atoms with Crippen molar-refractivity contribution in [3.63, 3.8) is 0 Å². The normalized spacial score (nSPS) is 18.6. The standard InChI is InChI=1S/C15H21N5O2/c1-9-17-13-12(3-6-16-15(13)22)14(18-9)19-11-4-7-20(8-5-11)10(2)21/h11H,3-8H2,1-2H3,(H,16,22)(H,17,18,19). The molecule has 0 atom stereocenters. The van der Waals surface area contributed by atoms with Gasteiger partial charge in [-0.1, -0.05) is 0 Å². The third-order valence-corrected chi connectivity index (χ3v) is 4.28. The molecule has 118 valence electrons. The number of carbonyl (C=O) groups excluding carboxylic acids is 2. The predicted molar refractivity (Wildman–Crippen MR) is 81.7 cm³/mol. The number of nitrogens with zero attached hydrogens (tertiary/aromatic N) is 3. The third kappa shape index (κ3) is 2.88. The first-order chi connectivity index (χ1) is 10.5. The summed E-state index contributed by atoms with van der Waals surface area (Å²) in [4.78, 5) is 33.9. The van der Waals surface area contributed by atoms with Crippen molar-refractivity contribution in [2.75, 3.05) is 25.0 Å². The summed E-state index contributed by atoms with van der Waals surface area (Å²) in [5, 5.41) is 6.27. The van der Waals surface area contributed by atoms with Gasteiger partial charge in [-0.3, -0.25) is 9.59 Å². The molecule has 0 aromatic carbocycles. The topological polar surface area (TPSA) is 87.2 Å². The van der Waals surface area contributed by atoms with Gasteiger partial charge in [0.2, 0.25) is 5.91 Å². The molecule has 2 aliphatic rings. The van der Waals surface area contributed by atoms with Gasteiger partial charge >= 0.3 is 0 Å². The van der Waals surface area contributed by atoms with Gasteiger partial charge in [0.05, 0.1) is 0 Å². The number of rotatable bonds is 2. The lowest BCUT2D eigenvalue weighted by atomic mass is 10.0. The van der Waals surface area contributed by atoms with Crippen molar-refractivity contribution in [3.05, 3.63) is 17.1 Å². The van der Waals surface area contributed by atoms with Crippen molar-refractivity contribution in [2.24, 2.45) is 0 Å². The number of amides is 2. The van der Waals surface area contributed by atoms with Crippen molar-refractivity contribution in [1.82, 2.24) is 20.2 Å². The van der Waals surface area contributed by atoms with Gasteiger partial charge in [0, 0.05) is 38.2 Å². The highest BCUT2D eigenvalue weighted by atomic mass is 16.2. The molecule has 2 aliphatic heterocycles. The Balaban J connectivity index is 1.76. The van der Waals surface area contributed by atoms with Crippen LogP contribution in [0.4, 0.5) is 5.82 Å². The molecule has 2 amide bonds. The van der Waals surface area contributed by atoms with E-state index in [1.54, 1.807) is 13.8 Å². The van der Waals surface area contributed by atoms with E-state index in [1.165, 1.54) is 0 Å². The number of hydrogen-bond donors (Lipinski definition) is 2. The van der Waals surface area contributed by atoms with E-state index in [-0.39, 0.29) is 17.9 Å². The number of likely N-dealkylation sites (tertiary alicyclic amines) is 1. The lowest BCUT2D eigenvalue weighted by molar-refractivity contribution is -0.129. The Bertz CT molecular complexity index is 608. The molecule has 0 saturated carbocycles. The molecule has 0 radical (unpaired) electrons. The van der Waals surface area contributed by atoms with E-state index in [0.717, 1.165) is 43.7 Å². The van der Waals surface area contributed by atoms with Crippen LogP contribution in [0.25, 0.3) is 0 Å². The molecule has 0 aliphatic carbocycles. The Morgan fingerprint density at radius 3 is 2.73 bits per heavy atom. The highest BCUT2D eigenvalue weighted by Crippen LogP contribution is 2.23. The summed E-state index contributed by atoms with van der Waals surface area (Å²) in [7, 11) is 0. The fourth-order valence-corrected chi connectivity index (χ4v) is 3.06. The summed E-state index contributed by atoms with van der Waals surface area (Å²) in [6, 6.07) is 0.277. The number of nitrogens with one attached hydrogen (secondary N) is 2. The molecule has 1 fully saturated rings. The summed E-state index contributed by atoms with van der Waals surface area (Å²) in [5.74, 6) is 1.38. The first kappa shape index (κ1) is 14.7. The second-order valence-electron chi connectivity index (χ2n) is 5.88. The van der Waals surface area contributed by atoms with Crippen molar-refractivity contribution in [1.29, 1.82) is 0 Å². The lowest BCUT2D eigenvalue weighted by Gasteiger charge is -2.32. The largest absolute Gasteiger partial charge is 0.367 e. The Hall–Kier alpha value is -2.18. The molecular weight excluding hydrogens is 282 g/mol. The van der Waals surface area contributed by atoms with Crippen LogP contribution in [0.2, 0.25) is 0 Å². The van der Waals surface area contributed by atoms with Crippen LogP contribution in [0.15, 0.2) is 0 Å². The molecule has 3 rings (SSSR count). The number of aryl methyl sites for hydroxylation is 1. The van der Waals surface area contributed by atoms with Crippen LogP contribution in [0.3, 0.4) is 0 Å². The molecule has 0 spiro atoms. The van der Waals surface area contributed by atoms with Gasteiger partial charge in [-0.15, -0.1) is 0 Å². The first-order valence-corrected chi connectivity index (χ1v) is 7.72. The zero-order valence-corrected chi connectivity index (χ0v) is 13.0. The van der Waals surface area contributed by atoms with Crippen molar-refractivity contribution >= 4 is 17.6 Å². The second kappa shape index (κ2) is 5.90. The molecule has 1 aromatic heterocycles. The fraction of sp³-hybridized carbons (Fsp3) is 0.600. The summed E-state index contributed by atoms with van der Waals surface area (Å²) < 4.78 is 0. The highest BCUT2D eigenvalue weighted by Gasteiger charge is 2.26. The zero-order valence-electron chi connectivity index (χ0n) is 13.0. The van der Waals surface area contributed by atoms with Gasteiger partial charge in [0.15, 0.2) is 0 Å². The zero-order chi connectivity index (χ0) is 15.7. The number of fused-ring (bicyclic) bond motifs is 1. The number of hydrogen-bond acceptors (Lipinski definition) is 5. The van der Waals surface area contributed by atoms with Crippen LogP contribution < -0.4 is 10.6 Å². The molecule has 0 unspecified atom stereocenters. The van der Waals surface area contributed by atoms with E-state index < -0.39 is 0 Å². The van der Waals surface area contributed by atoms with Gasteiger partial charge in [0.25, 0.3) is 5.91 Å². The monoisotopic (exact) mass is 303 g/mol. The summed E-state index contributed by atoms with van der Waals surface area (Å²) in [5.41, 5.74) is 1.39. The first-order valence-electron chi connectivity index (χ1n) is 7.72. The number of carbonyl (C=O) groups is 2. The van der Waals surface area contributed by atoms with Gasteiger partial charge in [-0.05, 0) is 26.2 Å². The minimum atomic E-state index is -0.124. The van der Waals surface area contributed by atoms with Gasteiger partial charge in [0.1, 0.15) is 17.3 Å². The number of aromatic nitrogens is 2. The van der Waals surface area contributed by atoms with E-state index >= 15 is 0 Å². The molecule has 7 heteroatoms. The van der Waals surface area contributed by atoms with E-state index in [2.05, 4.69) is 20.6 Å². The van der Waals surface area contributed by atoms with Crippen LogP contribution >= 0.6 is 0 Å². The van der Waals surface area contributed by atoms with E-state index in [4.69, 9.17) is 0 Å². The average molecular weight is 303 g/mol. The molecule has 3 heterocycles. The van der Waals surface area contributed by atoms with Crippen LogP contribution in [-0.2, 0) is 11.2 Å². The predicted octanol–water partition coefficient (Wildman–Crippen LogP) is 0.494. The van der Waals surface area contributed by atoms with Crippen LogP contribution in [0.1, 0.15) is 41.6 Å². The molecule has 2 N–H and O–H groups in total. The maximum atomic E-state index is 11.9. The Labute approximate surface area is 129 Å². The Morgan fingerprint density at radius 1 is 1.32 bits per heavy atom. The summed E-state index contributed by atoms with van der Waals surface area (Å²) >= 11 is 0. The smallest absolute Gasteiger partial charge is 0.270 e. The molecule has 0 bridgehead atoms. The van der Waals surface area contributed by atoms with Crippen molar-refractivity contribution < 1.29 is 9.59 Å². The van der Waals surface area contributed by atoms with Crippen molar-refractivity contribution in [2.45, 2.75) is 39.2 Å². The second-order valence-corrected chi connectivity index (χ2v) is 5.88. The van der Waals surface area contributed by atoms with E-state index in [0.29, 0.717) is 18.1 Å². The van der Waals surface area contributed by atoms with Crippen LogP contribution in [-0.4, -0.2) is 52.4 Å². The maximum Gasteiger partial charge on any atom is 0.270 e. The van der Waals surface area contributed by atoms with Gasteiger partial charge in [-0.25, -0.2) is 9.97 Å². The molecule has 1 aromatic rings. The SMILES string of the molecule is CC(=O)N1CCC(Nc2nc(C)nc3c2CCNC3=O)CC1. The molecule has 1 saturated heterocycles. The number of anilines is 1. The third-order valence-electron chi connectivity index (χ3n) is 4.28. The van der Waals surface area contributed by atoms with E-state index in [1.807, 2.05) is 4.90 Å². The molecule has 22 heavy (non-hydrogen) atoms. The van der Waals surface area contributed by atoms with Crippen LogP contribution in [0, 0.1) is 6.92 Å². The molecule has 7 nitrogen and oxygen atoms in total. The number of piperidine rings is 1. The van der Waals surface area contributed by atoms with Gasteiger partial charge in [-0.2, -0.15) is 0 Å². The Kier molecular flexibility index (Phi) is 3.96. The van der Waals surface area contributed by atoms with Crippen molar-refractivity contribution in [3.8, 4) is 0 Å². The van der Waals surface area contributed by atoms with Crippen LogP contribution in [0.5, 0.6) is 0 Å². The lowest BCUT2D eigenvalue weighted by Crippen LogP contribution is -2.42. The summed E-state index contributed by atoms with van der Waals surface area (Å²) in [6.45, 7) is 5.55. The summed E-state index contributed by atoms with van der Waals surface area (Å²) in [6.07, 6.45) is 2.53. The average Bonchev–Trinajstić information content (AvgIpc) is 2.49. The fourth-order valence-electron chi connectivity index (χ4n) is 3.06. The highest BCUT2D eigenvalue weighted by molar-refractivity contribution is 5.96. The van der Waals surface area contributed by atoms with E-state index in [9.17, 15) is 9.59 Å². The molecular formula is C15H21N5O2. The minimum absolute atomic E-state index is 0.124. The minimum Gasteiger partial charge on any atom is -0.367 e. The Morgan fingerprint density at radius 2 is 2.05 bits per heavy atom. The quantitative estimate of drug-likeness (QED) is 0.830. The van der Waals surface area contributed by atoms with Gasteiger partial charge < -0.3 is 15.5 Å².